The molecule has 0 unspecified atom stereocenters. The summed E-state index contributed by atoms with van der Waals surface area (Å²) in [5.41, 5.74) is 1.93. The molecule has 0 aliphatic rings. The van der Waals surface area contributed by atoms with Gasteiger partial charge < -0.3 is 10.2 Å². The molecule has 0 heterocycles. The van der Waals surface area contributed by atoms with Gasteiger partial charge in [-0.1, -0.05) is 60.0 Å². The van der Waals surface area contributed by atoms with Crippen LogP contribution < -0.4 is 9.62 Å². The highest BCUT2D eigenvalue weighted by molar-refractivity contribution is 7.92. The van der Waals surface area contributed by atoms with E-state index in [0.717, 1.165) is 21.7 Å². The minimum atomic E-state index is -3.89. The van der Waals surface area contributed by atoms with Crippen LogP contribution in [0, 0.1) is 6.92 Å². The van der Waals surface area contributed by atoms with Crippen molar-refractivity contribution < 1.29 is 18.0 Å². The number of sulfonamides is 1. The number of benzene rings is 2. The average Bonchev–Trinajstić information content (AvgIpc) is 2.72. The van der Waals surface area contributed by atoms with Gasteiger partial charge in [-0.25, -0.2) is 8.42 Å². The quantitative estimate of drug-likeness (QED) is 0.495. The van der Waals surface area contributed by atoms with Crippen LogP contribution in [0.1, 0.15) is 38.3 Å². The predicted molar refractivity (Wildman–Crippen MR) is 138 cm³/mol. The maximum absolute atomic E-state index is 13.6. The SMILES string of the molecule is CC[C@@H](C(=O)NC(C)C)N(Cc1cccc(C)c1)C(=O)CN(c1cc(Cl)ccc1Cl)S(C)(=O)=O. The van der Waals surface area contributed by atoms with Gasteiger partial charge in [0.15, 0.2) is 0 Å². The van der Waals surface area contributed by atoms with Gasteiger partial charge in [0, 0.05) is 17.6 Å². The summed E-state index contributed by atoms with van der Waals surface area (Å²) in [6.45, 7) is 7.03. The van der Waals surface area contributed by atoms with Crippen LogP contribution >= 0.6 is 23.2 Å². The number of hydrogen-bond acceptors (Lipinski definition) is 4. The molecular weight excluding hydrogens is 497 g/mol. The molecule has 0 aliphatic carbocycles. The van der Waals surface area contributed by atoms with E-state index in [2.05, 4.69) is 5.32 Å². The molecule has 2 aromatic rings. The van der Waals surface area contributed by atoms with Crippen LogP contribution in [0.5, 0.6) is 0 Å². The summed E-state index contributed by atoms with van der Waals surface area (Å²) in [6, 6.07) is 11.1. The second kappa shape index (κ2) is 11.9. The maximum Gasteiger partial charge on any atom is 0.244 e. The largest absolute Gasteiger partial charge is 0.352 e. The summed E-state index contributed by atoms with van der Waals surface area (Å²) >= 11 is 12.3. The highest BCUT2D eigenvalue weighted by Gasteiger charge is 2.32. The Morgan fingerprint density at radius 2 is 1.76 bits per heavy atom. The van der Waals surface area contributed by atoms with Crippen LogP contribution in [0.25, 0.3) is 0 Å². The lowest BCUT2D eigenvalue weighted by atomic mass is 10.1. The average molecular weight is 529 g/mol. The summed E-state index contributed by atoms with van der Waals surface area (Å²) < 4.78 is 26.2. The minimum absolute atomic E-state index is 0.0974. The van der Waals surface area contributed by atoms with Gasteiger partial charge in [-0.3, -0.25) is 13.9 Å². The molecule has 186 valence electrons. The van der Waals surface area contributed by atoms with Crippen LogP contribution in [0.4, 0.5) is 5.69 Å². The van der Waals surface area contributed by atoms with Gasteiger partial charge in [0.1, 0.15) is 12.6 Å². The van der Waals surface area contributed by atoms with Gasteiger partial charge in [-0.2, -0.15) is 0 Å². The number of carbonyl (C=O) groups excluding carboxylic acids is 2. The van der Waals surface area contributed by atoms with E-state index in [0.29, 0.717) is 6.42 Å². The lowest BCUT2D eigenvalue weighted by Crippen LogP contribution is -2.53. The highest BCUT2D eigenvalue weighted by atomic mass is 35.5. The Labute approximate surface area is 212 Å². The van der Waals surface area contributed by atoms with Gasteiger partial charge in [-0.05, 0) is 51.0 Å². The van der Waals surface area contributed by atoms with E-state index in [1.165, 1.54) is 23.1 Å². The molecule has 0 saturated heterocycles. The number of hydrogen-bond donors (Lipinski definition) is 1. The van der Waals surface area contributed by atoms with Crippen molar-refractivity contribution in [2.45, 2.75) is 52.7 Å². The van der Waals surface area contributed by atoms with Crippen molar-refractivity contribution in [3.8, 4) is 0 Å². The fourth-order valence-corrected chi connectivity index (χ4v) is 4.87. The van der Waals surface area contributed by atoms with E-state index in [9.17, 15) is 18.0 Å². The number of nitrogens with zero attached hydrogens (tertiary/aromatic N) is 2. The van der Waals surface area contributed by atoms with E-state index in [1.807, 2.05) is 52.0 Å². The number of rotatable bonds is 10. The first kappa shape index (κ1) is 28.0. The van der Waals surface area contributed by atoms with Crippen molar-refractivity contribution in [2.24, 2.45) is 0 Å². The molecule has 0 aromatic heterocycles. The van der Waals surface area contributed by atoms with Crippen LogP contribution in [-0.4, -0.2) is 50.0 Å². The summed E-state index contributed by atoms with van der Waals surface area (Å²) in [6.07, 6.45) is 1.35. The molecule has 1 N–H and O–H groups in total. The zero-order valence-corrected chi connectivity index (χ0v) is 22.3. The van der Waals surface area contributed by atoms with Crippen LogP contribution in [0.3, 0.4) is 0 Å². The third-order valence-corrected chi connectivity index (χ3v) is 6.79. The summed E-state index contributed by atoms with van der Waals surface area (Å²) in [7, 11) is -3.89. The van der Waals surface area contributed by atoms with Crippen LogP contribution in [0.2, 0.25) is 10.0 Å². The number of aryl methyl sites for hydroxylation is 1. The molecule has 0 saturated carbocycles. The molecule has 0 fully saturated rings. The molecule has 1 atom stereocenters. The predicted octanol–water partition coefficient (Wildman–Crippen LogP) is 4.40. The summed E-state index contributed by atoms with van der Waals surface area (Å²) in [4.78, 5) is 28.0. The Bertz CT molecular complexity index is 1140. The second-order valence-corrected chi connectivity index (χ2v) is 11.2. The zero-order chi connectivity index (χ0) is 25.6. The van der Waals surface area contributed by atoms with Crippen molar-refractivity contribution in [3.05, 3.63) is 63.6 Å². The number of halogens is 2. The Morgan fingerprint density at radius 1 is 1.09 bits per heavy atom. The van der Waals surface area contributed by atoms with E-state index < -0.39 is 28.5 Å². The lowest BCUT2D eigenvalue weighted by Gasteiger charge is -2.33. The Balaban J connectivity index is 2.49. The van der Waals surface area contributed by atoms with Crippen LogP contribution in [0.15, 0.2) is 42.5 Å². The molecule has 10 heteroatoms. The van der Waals surface area contributed by atoms with Gasteiger partial charge in [-0.15, -0.1) is 0 Å². The van der Waals surface area contributed by atoms with Gasteiger partial charge in [0.2, 0.25) is 21.8 Å². The third kappa shape index (κ3) is 7.61. The Kier molecular flexibility index (Phi) is 9.79. The first-order valence-electron chi connectivity index (χ1n) is 10.9. The molecule has 0 aliphatic heterocycles. The second-order valence-electron chi connectivity index (χ2n) is 8.46. The van der Waals surface area contributed by atoms with Crippen molar-refractivity contribution in [3.63, 3.8) is 0 Å². The number of amides is 2. The van der Waals surface area contributed by atoms with E-state index in [-0.39, 0.29) is 34.2 Å². The van der Waals surface area contributed by atoms with E-state index >= 15 is 0 Å². The van der Waals surface area contributed by atoms with E-state index in [4.69, 9.17) is 23.2 Å². The molecule has 0 bridgehead atoms. The fourth-order valence-electron chi connectivity index (χ4n) is 3.58. The van der Waals surface area contributed by atoms with Gasteiger partial charge in [0.25, 0.3) is 0 Å². The van der Waals surface area contributed by atoms with Crippen molar-refractivity contribution in [1.29, 1.82) is 0 Å². The van der Waals surface area contributed by atoms with Gasteiger partial charge >= 0.3 is 0 Å². The molecule has 2 aromatic carbocycles. The van der Waals surface area contributed by atoms with Crippen molar-refractivity contribution >= 4 is 50.7 Å². The minimum Gasteiger partial charge on any atom is -0.352 e. The summed E-state index contributed by atoms with van der Waals surface area (Å²) in [5.74, 6) is -0.834. The number of nitrogens with one attached hydrogen (secondary N) is 1. The Morgan fingerprint density at radius 3 is 2.32 bits per heavy atom. The maximum atomic E-state index is 13.6. The topological polar surface area (TPSA) is 86.8 Å². The molecule has 0 spiro atoms. The molecule has 7 nitrogen and oxygen atoms in total. The van der Waals surface area contributed by atoms with Crippen molar-refractivity contribution in [1.82, 2.24) is 10.2 Å². The molecule has 2 rings (SSSR count). The molecule has 34 heavy (non-hydrogen) atoms. The first-order chi connectivity index (χ1) is 15.8. The van der Waals surface area contributed by atoms with E-state index in [1.54, 1.807) is 0 Å². The monoisotopic (exact) mass is 527 g/mol. The molecule has 0 radical (unpaired) electrons. The highest BCUT2D eigenvalue weighted by Crippen LogP contribution is 2.31. The third-order valence-electron chi connectivity index (χ3n) is 5.11. The lowest BCUT2D eigenvalue weighted by molar-refractivity contribution is -0.140. The number of carbonyl (C=O) groups is 2. The zero-order valence-electron chi connectivity index (χ0n) is 20.0. The van der Waals surface area contributed by atoms with Crippen LogP contribution in [-0.2, 0) is 26.2 Å². The fraction of sp³-hybridized carbons (Fsp3) is 0.417. The molecule has 2 amide bonds. The molecular formula is C24H31Cl2N3O4S. The van der Waals surface area contributed by atoms with Gasteiger partial charge in [0.05, 0.1) is 17.0 Å². The van der Waals surface area contributed by atoms with Crippen molar-refractivity contribution in [2.75, 3.05) is 17.1 Å². The summed E-state index contributed by atoms with van der Waals surface area (Å²) in [5, 5.41) is 3.27. The standard InChI is InChI=1S/C24H31Cl2N3O4S/c1-6-21(24(31)27-16(2)3)28(14-18-9-7-8-17(4)12-18)23(30)15-29(34(5,32)33)22-13-19(25)10-11-20(22)26/h7-13,16,21H,6,14-15H2,1-5H3,(H,27,31)/t21-/m0/s1. The normalized spacial score (nSPS) is 12.4. The first-order valence-corrected chi connectivity index (χ1v) is 13.5. The Hall–Kier alpha value is -2.29. The smallest absolute Gasteiger partial charge is 0.244 e. The number of anilines is 1.